The van der Waals surface area contributed by atoms with Crippen molar-refractivity contribution >= 4 is 115 Å². The van der Waals surface area contributed by atoms with Gasteiger partial charge in [-0.05, 0) is 133 Å². The Hall–Kier alpha value is -18.9. The molecule has 0 unspecified atom stereocenters. The van der Waals surface area contributed by atoms with Crippen LogP contribution >= 0.6 is 0 Å². The van der Waals surface area contributed by atoms with Gasteiger partial charge in [0.1, 0.15) is 68.0 Å². The highest BCUT2D eigenvalue weighted by molar-refractivity contribution is 7.96. The number of fused-ring (bicyclic) bond motifs is 4. The summed E-state index contributed by atoms with van der Waals surface area (Å²) in [5.74, 6) is -3.71. The van der Waals surface area contributed by atoms with Crippen LogP contribution in [-0.4, -0.2) is 204 Å². The molecule has 0 saturated carbocycles. The van der Waals surface area contributed by atoms with Crippen LogP contribution in [0.2, 0.25) is 0 Å². The predicted octanol–water partition coefficient (Wildman–Crippen LogP) is 11.7. The number of sulfone groups is 4. The zero-order valence-electron chi connectivity index (χ0n) is 77.5. The van der Waals surface area contributed by atoms with Crippen LogP contribution in [-0.2, 0) is 74.6 Å². The standard InChI is InChI=1S/C24H19F2N7O5S.C24H19F2N7O4S.C23H17F2N7O4S.C22H17F2N7O4S/c1-31-9-6-15(11-20(31)34)39(36,37)14-4-5-19(38-24(25)26)16(10-14)21-18(13-32(2)30-21)29-23(35)17-12-28-33-8-3-7-27-22(17)33;1-14-4-5-16(11-28-14)38(35,36)15-6-7-20(37-24(25)26)17(10-15)21-19(13-32(2)31-21)30-23(34)18-12-29-33-9-3-8-27-22(18)33;1-31-13-18(29-22(33)17-12-28-32-9-3-8-27-21(17)32)20(30-31)16-10-14(5-6-19(16)36-23(24)25)37(34,35)15-4-2-7-26-11-15;1-30-12-17(28-21(32)16-11-27-31-8-2-6-26-20(16)31)19(29-30)15-9-13(3-4-18(15)35-22(23)24)36(33,34)14-5-7-25-10-14/h3-13,24H,1-2H3,(H,29,35);3-13,24,28H,1H2,2H3,(H,30,34);2-13,23H,1H3,(H,29,33);2-6,8-12,22H,7H2,1H3,(H,28,32). The maximum Gasteiger partial charge on any atom is 0.387 e. The number of hydrogen-bond donors (Lipinski definition) is 5. The highest BCUT2D eigenvalue weighted by atomic mass is 32.2. The first-order valence-electron chi connectivity index (χ1n) is 43.2. The van der Waals surface area contributed by atoms with Crippen molar-refractivity contribution in [1.82, 2.24) is 112 Å². The van der Waals surface area contributed by atoms with Crippen molar-refractivity contribution in [2.45, 2.75) is 55.8 Å². The normalized spacial score (nSPS) is 12.6. The number of dihydropyridines is 1. The quantitative estimate of drug-likeness (QED) is 0.0284. The minimum atomic E-state index is -4.24. The summed E-state index contributed by atoms with van der Waals surface area (Å²) < 4.78 is 242. The maximum absolute atomic E-state index is 13.3. The SMILES string of the molecule is C=C1C=CC(S(=O)(=O)c2ccc(OC(F)F)c(-c3nn(C)cc3NC(=O)c3cnn4cccnc34)c2)=CN1.Cn1cc(NC(=O)c2cnn3cccnc23)c(-c2cc(S(=O)(=O)C3=CCN=C3)ccc2OC(F)F)n1.Cn1cc(NC(=O)c2cnn3cccnc23)c(-c2cc(S(=O)(=O)c3cccnc3)ccc2OC(F)F)n1.Cn1cc(NC(=O)c2cnn3cccnc23)c(-c2cc(S(=O)(=O)c3ccn(C)c(=O)c3)ccc2OC(F)F)n1. The second-order valence-corrected chi connectivity index (χ2v) is 39.5. The summed E-state index contributed by atoms with van der Waals surface area (Å²) in [5, 5.41) is 46.8. The predicted molar refractivity (Wildman–Crippen MR) is 517 cm³/mol. The largest absolute Gasteiger partial charge is 0.434 e. The molecule has 0 fully saturated rings. The number of aliphatic imine (C=N–C) groups is 1. The monoisotopic (exact) mass is 2130 g/mol. The number of anilines is 4. The van der Waals surface area contributed by atoms with Gasteiger partial charge in [-0.3, -0.25) is 52.7 Å². The van der Waals surface area contributed by atoms with E-state index in [9.17, 15) is 92.8 Å². The summed E-state index contributed by atoms with van der Waals surface area (Å²) in [7, 11) is -8.66. The minimum Gasteiger partial charge on any atom is -0.434 e. The molecule has 14 aromatic heterocycles. The van der Waals surface area contributed by atoms with E-state index in [0.717, 1.165) is 66.7 Å². The van der Waals surface area contributed by atoms with Crippen molar-refractivity contribution in [3.05, 3.63) is 318 Å². The number of ether oxygens (including phenoxy) is 4. The molecule has 16 heterocycles. The number of allylic oxidation sites excluding steroid dienone is 3. The van der Waals surface area contributed by atoms with Gasteiger partial charge in [0.05, 0.1) is 93.3 Å². The van der Waals surface area contributed by atoms with Crippen molar-refractivity contribution in [3.8, 4) is 68.0 Å². The van der Waals surface area contributed by atoms with Crippen LogP contribution in [0.15, 0.2) is 325 Å². The topological polar surface area (TPSA) is 541 Å². The fraction of sp³-hybridized carbons (Fsp3) is 0.108. The number of aromatic nitrogens is 22. The minimum absolute atomic E-state index is 0.00823. The molecule has 2 aliphatic heterocycles. The molecule has 0 aliphatic carbocycles. The molecule has 0 atom stereocenters. The van der Waals surface area contributed by atoms with Gasteiger partial charge in [0.25, 0.3) is 29.2 Å². The summed E-state index contributed by atoms with van der Waals surface area (Å²) in [5.41, 5.74) is 1.91. The number of nitrogens with zero attached hydrogens (tertiary/aromatic N) is 23. The number of amides is 4. The fourth-order valence-corrected chi connectivity index (χ4v) is 20.0. The molecule has 57 heteroatoms. The van der Waals surface area contributed by atoms with E-state index in [0.29, 0.717) is 22.6 Å². The molecular formula is C93H72F8N28O17S4. The number of benzene rings is 4. The van der Waals surface area contributed by atoms with E-state index >= 15 is 0 Å². The molecule has 5 N–H and O–H groups in total. The Morgan fingerprint density at radius 3 is 0.993 bits per heavy atom. The number of aryl methyl sites for hydroxylation is 5. The van der Waals surface area contributed by atoms with Gasteiger partial charge >= 0.3 is 26.4 Å². The van der Waals surface area contributed by atoms with Crippen LogP contribution < -0.4 is 51.1 Å². The zero-order valence-corrected chi connectivity index (χ0v) is 80.8. The Morgan fingerprint density at radius 2 is 0.700 bits per heavy atom. The lowest BCUT2D eigenvalue weighted by Gasteiger charge is -2.15. The first-order valence-corrected chi connectivity index (χ1v) is 49.1. The van der Waals surface area contributed by atoms with E-state index in [-0.39, 0.29) is 164 Å². The molecule has 18 aromatic rings. The molecular weight excluding hydrogens is 2060 g/mol. The molecule has 150 heavy (non-hydrogen) atoms. The van der Waals surface area contributed by atoms with Crippen molar-refractivity contribution < 1.29 is 107 Å². The van der Waals surface area contributed by atoms with Crippen LogP contribution in [0, 0.1) is 0 Å². The van der Waals surface area contributed by atoms with E-state index < -0.39 is 95.0 Å². The Balaban J connectivity index is 0.000000136. The van der Waals surface area contributed by atoms with Gasteiger partial charge in [-0.15, -0.1) is 0 Å². The van der Waals surface area contributed by atoms with Gasteiger partial charge in [0.15, 0.2) is 22.6 Å². The molecule has 766 valence electrons. The lowest BCUT2D eigenvalue weighted by molar-refractivity contribution is -0.0501. The third-order valence-electron chi connectivity index (χ3n) is 21.8. The van der Waals surface area contributed by atoms with E-state index in [1.54, 1.807) is 70.2 Å². The molecule has 4 amide bonds. The van der Waals surface area contributed by atoms with Gasteiger partial charge in [-0.1, -0.05) is 6.58 Å². The lowest BCUT2D eigenvalue weighted by atomic mass is 10.1. The summed E-state index contributed by atoms with van der Waals surface area (Å²) >= 11 is 0. The molecule has 2 aliphatic rings. The number of rotatable bonds is 28. The average Bonchev–Trinajstić information content (AvgIpc) is 1.51. The van der Waals surface area contributed by atoms with Crippen molar-refractivity contribution in [2.75, 3.05) is 27.8 Å². The van der Waals surface area contributed by atoms with Gasteiger partial charge in [-0.25, -0.2) is 71.7 Å². The first-order chi connectivity index (χ1) is 71.6. The molecule has 0 radical (unpaired) electrons. The number of nitrogens with one attached hydrogen (secondary N) is 5. The molecule has 0 spiro atoms. The third kappa shape index (κ3) is 21.9. The highest BCUT2D eigenvalue weighted by Crippen LogP contribution is 2.44. The van der Waals surface area contributed by atoms with Gasteiger partial charge in [-0.2, -0.15) is 75.9 Å². The summed E-state index contributed by atoms with van der Waals surface area (Å²) in [6.45, 7) is -8.87. The van der Waals surface area contributed by atoms with Crippen LogP contribution in [0.1, 0.15) is 41.4 Å². The number of alkyl halides is 8. The highest BCUT2D eigenvalue weighted by Gasteiger charge is 2.34. The summed E-state index contributed by atoms with van der Waals surface area (Å²) in [6, 6.07) is 25.2. The van der Waals surface area contributed by atoms with E-state index in [1.165, 1.54) is 209 Å². The van der Waals surface area contributed by atoms with Crippen LogP contribution in [0.5, 0.6) is 23.0 Å². The molecule has 0 saturated heterocycles. The van der Waals surface area contributed by atoms with Gasteiger partial charge < -0.3 is 50.1 Å². The smallest absolute Gasteiger partial charge is 0.387 e. The van der Waals surface area contributed by atoms with Crippen molar-refractivity contribution in [2.24, 2.45) is 40.2 Å². The first kappa shape index (κ1) is 103. The Kier molecular flexibility index (Phi) is 29.0. The van der Waals surface area contributed by atoms with Crippen LogP contribution in [0.25, 0.3) is 67.6 Å². The third-order valence-corrected chi connectivity index (χ3v) is 28.8. The number of carbonyl (C=O) groups excluding carboxylic acids is 4. The number of pyridine rings is 2. The van der Waals surface area contributed by atoms with Crippen molar-refractivity contribution in [1.29, 1.82) is 0 Å². The maximum atomic E-state index is 13.3. The van der Waals surface area contributed by atoms with Gasteiger partial charge in [0, 0.05) is 175 Å². The second-order valence-electron chi connectivity index (χ2n) is 31.7. The second kappa shape index (κ2) is 42.4. The molecule has 45 nitrogen and oxygen atoms in total. The average molecular weight is 2130 g/mol. The van der Waals surface area contributed by atoms with E-state index in [1.807, 2.05) is 0 Å². The molecule has 0 bridgehead atoms. The van der Waals surface area contributed by atoms with Crippen LogP contribution in [0.4, 0.5) is 57.9 Å². The Labute approximate surface area is 839 Å². The Bertz CT molecular complexity index is 9100. The van der Waals surface area contributed by atoms with Gasteiger partial charge in [0.2, 0.25) is 39.3 Å². The fourth-order valence-electron chi connectivity index (χ4n) is 14.9. The van der Waals surface area contributed by atoms with E-state index in [4.69, 9.17) is 0 Å². The van der Waals surface area contributed by atoms with Crippen molar-refractivity contribution in [3.63, 3.8) is 0 Å². The number of carbonyl (C=O) groups is 4. The molecule has 4 aromatic carbocycles. The molecule has 20 rings (SSSR count). The number of halogens is 8. The van der Waals surface area contributed by atoms with Crippen LogP contribution in [0.3, 0.4) is 0 Å². The zero-order chi connectivity index (χ0) is 107. The Morgan fingerprint density at radius 1 is 0.380 bits per heavy atom. The van der Waals surface area contributed by atoms with E-state index in [2.05, 4.69) is 123 Å². The lowest BCUT2D eigenvalue weighted by Crippen LogP contribution is -2.17. The number of hydrogen-bond acceptors (Lipinski definition) is 32. The summed E-state index contributed by atoms with van der Waals surface area (Å²) in [6.07, 6.45) is 34.3. The summed E-state index contributed by atoms with van der Waals surface area (Å²) in [4.78, 5) is 87.3.